The fourth-order valence-corrected chi connectivity index (χ4v) is 5.85. The first-order chi connectivity index (χ1) is 16.0. The fraction of sp³-hybridized carbons (Fsp3) is 0.583. The molecule has 34 heavy (non-hydrogen) atoms. The van der Waals surface area contributed by atoms with Crippen LogP contribution in [0.3, 0.4) is 0 Å². The van der Waals surface area contributed by atoms with Gasteiger partial charge in [-0.25, -0.2) is 4.79 Å². The Kier molecular flexibility index (Phi) is 6.87. The van der Waals surface area contributed by atoms with Crippen molar-refractivity contribution in [2.75, 3.05) is 13.2 Å². The molecule has 0 saturated carbocycles. The molecule has 2 saturated heterocycles. The van der Waals surface area contributed by atoms with Gasteiger partial charge in [-0.1, -0.05) is 24.3 Å². The number of ether oxygens (including phenoxy) is 1. The van der Waals surface area contributed by atoms with Crippen LogP contribution in [0.25, 0.3) is 0 Å². The zero-order valence-electron chi connectivity index (χ0n) is 19.7. The van der Waals surface area contributed by atoms with Crippen molar-refractivity contribution in [1.82, 2.24) is 14.9 Å². The van der Waals surface area contributed by atoms with Crippen LogP contribution in [-0.2, 0) is 42.4 Å². The van der Waals surface area contributed by atoms with Crippen LogP contribution in [0.5, 0.6) is 0 Å². The van der Waals surface area contributed by atoms with E-state index in [9.17, 15) is 23.7 Å². The van der Waals surface area contributed by atoms with Crippen molar-refractivity contribution in [3.8, 4) is 0 Å². The quantitative estimate of drug-likeness (QED) is 0.460. The van der Waals surface area contributed by atoms with E-state index in [0.29, 0.717) is 38.9 Å². The van der Waals surface area contributed by atoms with Crippen LogP contribution in [0.4, 0.5) is 4.79 Å². The van der Waals surface area contributed by atoms with E-state index in [0.717, 1.165) is 16.0 Å². The normalized spacial score (nSPS) is 26.9. The number of carbonyl (C=O) groups excluding carboxylic acids is 4. The lowest BCUT2D eigenvalue weighted by molar-refractivity contribution is -0.150. The third-order valence-electron chi connectivity index (χ3n) is 6.75. The van der Waals surface area contributed by atoms with E-state index in [4.69, 9.17) is 4.74 Å². The van der Waals surface area contributed by atoms with Gasteiger partial charge in [0.05, 0.1) is 5.54 Å². The summed E-state index contributed by atoms with van der Waals surface area (Å²) in [6.45, 7) is 6.30. The highest BCUT2D eigenvalue weighted by atomic mass is 32.2. The molecular formula is C24H31N3O6S. The minimum absolute atomic E-state index is 0.189. The average molecular weight is 490 g/mol. The van der Waals surface area contributed by atoms with E-state index < -0.39 is 57.2 Å². The first-order valence-electron chi connectivity index (χ1n) is 11.6. The van der Waals surface area contributed by atoms with E-state index in [-0.39, 0.29) is 6.42 Å². The Labute approximate surface area is 202 Å². The molecule has 1 aromatic carbocycles. The van der Waals surface area contributed by atoms with Gasteiger partial charge in [0.15, 0.2) is 11.7 Å². The minimum atomic E-state index is -1.62. The molecule has 10 heteroatoms. The third kappa shape index (κ3) is 4.64. The summed E-state index contributed by atoms with van der Waals surface area (Å²) >= 11 is -1.50. The molecule has 2 fully saturated rings. The van der Waals surface area contributed by atoms with Gasteiger partial charge in [-0.2, -0.15) is 0 Å². The molecule has 0 spiro atoms. The fourth-order valence-electron chi connectivity index (χ4n) is 4.91. The van der Waals surface area contributed by atoms with Crippen LogP contribution >= 0.6 is 0 Å². The molecule has 0 bridgehead atoms. The van der Waals surface area contributed by atoms with Crippen molar-refractivity contribution in [3.63, 3.8) is 0 Å². The maximum absolute atomic E-state index is 13.6. The van der Waals surface area contributed by atoms with E-state index in [2.05, 4.69) is 10.0 Å². The van der Waals surface area contributed by atoms with Gasteiger partial charge in [0.25, 0.3) is 5.91 Å². The number of hydrogen-bond donors (Lipinski definition) is 2. The average Bonchev–Trinajstić information content (AvgIpc) is 3.11. The van der Waals surface area contributed by atoms with Crippen LogP contribution < -0.4 is 10.0 Å². The summed E-state index contributed by atoms with van der Waals surface area (Å²) in [7, 11) is 0. The number of nitrogens with zero attached hydrogens (tertiary/aromatic N) is 1. The van der Waals surface area contributed by atoms with E-state index in [1.165, 1.54) is 0 Å². The molecule has 2 aliphatic heterocycles. The lowest BCUT2D eigenvalue weighted by atomic mass is 9.83. The number of ketones is 1. The monoisotopic (exact) mass is 489 g/mol. The lowest BCUT2D eigenvalue weighted by Gasteiger charge is -2.38. The topological polar surface area (TPSA) is 128 Å². The SMILES string of the molecule is CC(C)(C)[S@@+]([O-])N[C@]1(CC(=O)[C@@H]2C(=O)NC(=O)N(C3CCOCC3)C2=O)CCc2ccccc21. The number of urea groups is 1. The number of benzene rings is 1. The molecule has 4 amide bonds. The number of rotatable bonds is 6. The maximum atomic E-state index is 13.6. The van der Waals surface area contributed by atoms with Crippen molar-refractivity contribution >= 4 is 35.0 Å². The van der Waals surface area contributed by atoms with Crippen molar-refractivity contribution in [1.29, 1.82) is 0 Å². The number of fused-ring (bicyclic) bond motifs is 1. The summed E-state index contributed by atoms with van der Waals surface area (Å²) in [5.41, 5.74) is 0.909. The van der Waals surface area contributed by atoms with Crippen LogP contribution in [0.15, 0.2) is 24.3 Å². The second-order valence-electron chi connectivity index (χ2n) is 10.1. The Morgan fingerprint density at radius 1 is 1.24 bits per heavy atom. The number of barbiturate groups is 1. The van der Waals surface area contributed by atoms with Crippen molar-refractivity contribution in [2.24, 2.45) is 5.92 Å². The Morgan fingerprint density at radius 2 is 1.91 bits per heavy atom. The van der Waals surface area contributed by atoms with Gasteiger partial charge in [-0.3, -0.25) is 24.6 Å². The highest BCUT2D eigenvalue weighted by molar-refractivity contribution is 7.90. The Morgan fingerprint density at radius 3 is 2.59 bits per heavy atom. The van der Waals surface area contributed by atoms with Gasteiger partial charge in [0.1, 0.15) is 4.75 Å². The number of Topliss-reactive ketones (excluding diaryl/α,β-unsaturated/α-hetero) is 1. The predicted molar refractivity (Wildman–Crippen MR) is 125 cm³/mol. The number of nitrogens with one attached hydrogen (secondary N) is 2. The van der Waals surface area contributed by atoms with E-state index in [1.807, 2.05) is 45.0 Å². The van der Waals surface area contributed by atoms with Crippen LogP contribution in [-0.4, -0.2) is 57.1 Å². The van der Waals surface area contributed by atoms with Gasteiger partial charge in [0, 0.05) is 37.0 Å². The Balaban J connectivity index is 1.63. The number of aryl methyl sites for hydroxylation is 1. The molecule has 2 N–H and O–H groups in total. The third-order valence-corrected chi connectivity index (χ3v) is 8.44. The molecule has 0 aromatic heterocycles. The smallest absolute Gasteiger partial charge is 0.331 e. The number of imide groups is 2. The molecule has 0 unspecified atom stereocenters. The summed E-state index contributed by atoms with van der Waals surface area (Å²) in [5.74, 6) is -3.90. The molecular weight excluding hydrogens is 458 g/mol. The van der Waals surface area contributed by atoms with Gasteiger partial charge < -0.3 is 9.29 Å². The lowest BCUT2D eigenvalue weighted by Crippen LogP contribution is -2.63. The van der Waals surface area contributed by atoms with Gasteiger partial charge >= 0.3 is 6.03 Å². The van der Waals surface area contributed by atoms with Crippen LogP contribution in [0.2, 0.25) is 0 Å². The molecule has 1 aliphatic carbocycles. The maximum Gasteiger partial charge on any atom is 0.331 e. The van der Waals surface area contributed by atoms with Crippen LogP contribution in [0.1, 0.15) is 57.6 Å². The Hall–Kier alpha value is -2.27. The van der Waals surface area contributed by atoms with E-state index in [1.54, 1.807) is 0 Å². The van der Waals surface area contributed by atoms with Crippen molar-refractivity contribution in [3.05, 3.63) is 35.4 Å². The Bertz CT molecular complexity index is 1000. The summed E-state index contributed by atoms with van der Waals surface area (Å²) in [5, 5.41) is 2.19. The largest absolute Gasteiger partial charge is 0.598 e. The molecule has 184 valence electrons. The van der Waals surface area contributed by atoms with Gasteiger partial charge in [0.2, 0.25) is 5.91 Å². The summed E-state index contributed by atoms with van der Waals surface area (Å²) in [4.78, 5) is 53.0. The summed E-state index contributed by atoms with van der Waals surface area (Å²) in [6.07, 6.45) is 1.90. The first kappa shape index (κ1) is 24.8. The molecule has 9 nitrogen and oxygen atoms in total. The molecule has 2 heterocycles. The van der Waals surface area contributed by atoms with Gasteiger partial charge in [-0.05, 0) is 57.6 Å². The second kappa shape index (κ2) is 9.41. The summed E-state index contributed by atoms with van der Waals surface area (Å²) in [6, 6.07) is 6.41. The highest BCUT2D eigenvalue weighted by Gasteiger charge is 2.52. The van der Waals surface area contributed by atoms with E-state index >= 15 is 0 Å². The number of carbonyl (C=O) groups is 4. The molecule has 3 aliphatic rings. The molecule has 4 rings (SSSR count). The molecule has 3 atom stereocenters. The zero-order chi connectivity index (χ0) is 24.7. The predicted octanol–water partition coefficient (Wildman–Crippen LogP) is 1.71. The number of hydrogen-bond acceptors (Lipinski definition) is 7. The van der Waals surface area contributed by atoms with Gasteiger partial charge in [-0.15, -0.1) is 4.72 Å². The van der Waals surface area contributed by atoms with Crippen LogP contribution in [0, 0.1) is 5.92 Å². The standard InChI is InChI=1S/C24H31N3O6S/c1-23(2,3)34(32)26-24(11-8-15-6-4-5-7-17(15)24)14-18(28)19-20(29)25-22(31)27(21(19)30)16-9-12-33-13-10-16/h4-7,16,19,26H,8-14H2,1-3H3,(H,25,29,31)/t19-,24+,34-/m1/s1. The van der Waals surface area contributed by atoms with Crippen molar-refractivity contribution < 1.29 is 28.5 Å². The number of amides is 4. The van der Waals surface area contributed by atoms with Crippen molar-refractivity contribution in [2.45, 2.75) is 69.2 Å². The molecule has 1 aromatic rings. The zero-order valence-corrected chi connectivity index (χ0v) is 20.5. The summed E-state index contributed by atoms with van der Waals surface area (Å²) < 4.78 is 21.0. The first-order valence-corrected chi connectivity index (χ1v) is 12.7. The molecule has 0 radical (unpaired) electrons. The highest BCUT2D eigenvalue weighted by Crippen LogP contribution is 2.42. The minimum Gasteiger partial charge on any atom is -0.598 e. The second-order valence-corrected chi connectivity index (χ2v) is 12.1.